The van der Waals surface area contributed by atoms with E-state index in [0.717, 1.165) is 19.4 Å². The van der Waals surface area contributed by atoms with Gasteiger partial charge >= 0.3 is 0 Å². The van der Waals surface area contributed by atoms with Crippen molar-refractivity contribution in [3.63, 3.8) is 0 Å². The van der Waals surface area contributed by atoms with Gasteiger partial charge in [-0.15, -0.1) is 6.58 Å². The molecule has 0 amide bonds. The summed E-state index contributed by atoms with van der Waals surface area (Å²) in [6.07, 6.45) is 11.4. The fraction of sp³-hybridized carbons (Fsp3) is 0.400. The molecule has 0 spiro atoms. The van der Waals surface area contributed by atoms with Gasteiger partial charge in [-0.25, -0.2) is 0 Å². The third kappa shape index (κ3) is 6.93. The number of unbranched alkanes of at least 4 members (excludes halogenated alkanes) is 1. The van der Waals surface area contributed by atoms with E-state index in [0.29, 0.717) is 0 Å². The topological polar surface area (TPSA) is 29.3 Å². The molecule has 2 N–H and O–H groups in total. The third-order valence-corrected chi connectivity index (χ3v) is 1.48. The minimum atomic E-state index is 1.06. The molecule has 0 radical (unpaired) electrons. The molecule has 0 saturated heterocycles. The molecular formula is C10H18N2. The van der Waals surface area contributed by atoms with E-state index in [1.54, 1.807) is 0 Å². The molecule has 12 heavy (non-hydrogen) atoms. The van der Waals surface area contributed by atoms with E-state index in [1.165, 1.54) is 6.20 Å². The Morgan fingerprint density at radius 1 is 1.42 bits per heavy atom. The summed E-state index contributed by atoms with van der Waals surface area (Å²) in [5.74, 6) is 0. The quantitative estimate of drug-likeness (QED) is 0.371. The third-order valence-electron chi connectivity index (χ3n) is 1.48. The molecule has 0 saturated carbocycles. The molecule has 0 rings (SSSR count). The first kappa shape index (κ1) is 10.8. The maximum atomic E-state index is 5.17. The zero-order valence-corrected chi connectivity index (χ0v) is 7.74. The molecule has 0 aliphatic carbocycles. The van der Waals surface area contributed by atoms with Crippen LogP contribution in [0.25, 0.3) is 0 Å². The Balaban J connectivity index is 3.44. The molecule has 0 fully saturated rings. The van der Waals surface area contributed by atoms with Crippen LogP contribution in [-0.4, -0.2) is 18.5 Å². The lowest BCUT2D eigenvalue weighted by molar-refractivity contribution is 0.446. The van der Waals surface area contributed by atoms with Crippen LogP contribution < -0.4 is 5.73 Å². The molecule has 0 atom stereocenters. The first-order chi connectivity index (χ1) is 5.81. The van der Waals surface area contributed by atoms with Gasteiger partial charge in [0.05, 0.1) is 0 Å². The Bertz CT molecular complexity index is 159. The Hall–Kier alpha value is -1.18. The minimum Gasteiger partial charge on any atom is -0.405 e. The summed E-state index contributed by atoms with van der Waals surface area (Å²) in [4.78, 5) is 2.13. The van der Waals surface area contributed by atoms with Crippen molar-refractivity contribution in [2.75, 3.05) is 13.6 Å². The normalized spacial score (nSPS) is 11.1. The largest absolute Gasteiger partial charge is 0.405 e. The summed E-state index contributed by atoms with van der Waals surface area (Å²) >= 11 is 0. The molecule has 0 aromatic rings. The Kier molecular flexibility index (Phi) is 7.14. The number of hydrogen-bond acceptors (Lipinski definition) is 2. The van der Waals surface area contributed by atoms with Gasteiger partial charge in [0.1, 0.15) is 0 Å². The summed E-state index contributed by atoms with van der Waals surface area (Å²) in [5.41, 5.74) is 5.17. The van der Waals surface area contributed by atoms with Crippen LogP contribution in [0.5, 0.6) is 0 Å². The number of rotatable bonds is 6. The van der Waals surface area contributed by atoms with Gasteiger partial charge in [0.15, 0.2) is 0 Å². The average molecular weight is 166 g/mol. The summed E-state index contributed by atoms with van der Waals surface area (Å²) < 4.78 is 0. The van der Waals surface area contributed by atoms with Crippen LogP contribution >= 0.6 is 0 Å². The van der Waals surface area contributed by atoms with Gasteiger partial charge in [0, 0.05) is 13.6 Å². The monoisotopic (exact) mass is 166 g/mol. The van der Waals surface area contributed by atoms with E-state index >= 15 is 0 Å². The van der Waals surface area contributed by atoms with Gasteiger partial charge in [-0.05, 0) is 37.4 Å². The maximum Gasteiger partial charge on any atom is 0.0172 e. The fourth-order valence-electron chi connectivity index (χ4n) is 0.820. The van der Waals surface area contributed by atoms with Crippen molar-refractivity contribution in [1.29, 1.82) is 0 Å². The van der Waals surface area contributed by atoms with Crippen molar-refractivity contribution in [1.82, 2.24) is 4.90 Å². The molecule has 2 nitrogen and oxygen atoms in total. The Morgan fingerprint density at radius 3 is 2.75 bits per heavy atom. The van der Waals surface area contributed by atoms with Crippen LogP contribution in [0.15, 0.2) is 37.2 Å². The number of hydrogen-bond donors (Lipinski definition) is 1. The van der Waals surface area contributed by atoms with Crippen molar-refractivity contribution in [3.8, 4) is 0 Å². The predicted molar refractivity (Wildman–Crippen MR) is 54.5 cm³/mol. The number of nitrogens with zero attached hydrogens (tertiary/aromatic N) is 1. The zero-order chi connectivity index (χ0) is 9.23. The molecule has 0 aromatic heterocycles. The Morgan fingerprint density at radius 2 is 2.17 bits per heavy atom. The molecule has 0 aromatic carbocycles. The van der Waals surface area contributed by atoms with Gasteiger partial charge in [-0.3, -0.25) is 0 Å². The van der Waals surface area contributed by atoms with Gasteiger partial charge in [-0.1, -0.05) is 6.08 Å². The van der Waals surface area contributed by atoms with Crippen molar-refractivity contribution in [3.05, 3.63) is 37.2 Å². The van der Waals surface area contributed by atoms with E-state index in [2.05, 4.69) is 11.5 Å². The first-order valence-electron chi connectivity index (χ1n) is 4.17. The second-order valence-corrected chi connectivity index (χ2v) is 2.64. The molecule has 0 heterocycles. The van der Waals surface area contributed by atoms with Crippen LogP contribution in [0.1, 0.15) is 12.8 Å². The SMILES string of the molecule is C=CCCCN(C)/C=C/C=C\N. The van der Waals surface area contributed by atoms with E-state index < -0.39 is 0 Å². The smallest absolute Gasteiger partial charge is 0.0172 e. The summed E-state index contributed by atoms with van der Waals surface area (Å²) in [7, 11) is 2.05. The van der Waals surface area contributed by atoms with Crippen LogP contribution in [0.4, 0.5) is 0 Å². The average Bonchev–Trinajstić information content (AvgIpc) is 2.06. The zero-order valence-electron chi connectivity index (χ0n) is 7.74. The van der Waals surface area contributed by atoms with Crippen LogP contribution in [0.2, 0.25) is 0 Å². The summed E-state index contributed by atoms with van der Waals surface area (Å²) in [5, 5.41) is 0. The second-order valence-electron chi connectivity index (χ2n) is 2.64. The number of allylic oxidation sites excluding steroid dienone is 3. The summed E-state index contributed by atoms with van der Waals surface area (Å²) in [6.45, 7) is 4.73. The summed E-state index contributed by atoms with van der Waals surface area (Å²) in [6, 6.07) is 0. The van der Waals surface area contributed by atoms with Gasteiger partial charge in [-0.2, -0.15) is 0 Å². The molecule has 0 bridgehead atoms. The van der Waals surface area contributed by atoms with Crippen molar-refractivity contribution >= 4 is 0 Å². The van der Waals surface area contributed by atoms with Crippen molar-refractivity contribution < 1.29 is 0 Å². The molecule has 2 heteroatoms. The van der Waals surface area contributed by atoms with Crippen molar-refractivity contribution in [2.45, 2.75) is 12.8 Å². The molecule has 0 unspecified atom stereocenters. The van der Waals surface area contributed by atoms with E-state index in [-0.39, 0.29) is 0 Å². The standard InChI is InChI=1S/C10H18N2/c1-3-4-6-9-12(2)10-7-5-8-11/h3,5,7-8,10H,1,4,6,9,11H2,2H3/b8-5-,10-7+. The van der Waals surface area contributed by atoms with Gasteiger partial charge in [0.25, 0.3) is 0 Å². The van der Waals surface area contributed by atoms with Gasteiger partial charge in [0.2, 0.25) is 0 Å². The fourth-order valence-corrected chi connectivity index (χ4v) is 0.820. The molecule has 0 aliphatic heterocycles. The number of nitrogens with two attached hydrogens (primary N) is 1. The van der Waals surface area contributed by atoms with Crippen LogP contribution in [-0.2, 0) is 0 Å². The first-order valence-corrected chi connectivity index (χ1v) is 4.17. The van der Waals surface area contributed by atoms with E-state index in [9.17, 15) is 0 Å². The minimum absolute atomic E-state index is 1.06. The van der Waals surface area contributed by atoms with E-state index in [1.807, 2.05) is 31.5 Å². The lowest BCUT2D eigenvalue weighted by atomic mass is 10.3. The highest BCUT2D eigenvalue weighted by molar-refractivity contribution is 4.99. The molecule has 68 valence electrons. The lowest BCUT2D eigenvalue weighted by Gasteiger charge is -2.11. The van der Waals surface area contributed by atoms with E-state index in [4.69, 9.17) is 5.73 Å². The van der Waals surface area contributed by atoms with Gasteiger partial charge < -0.3 is 10.6 Å². The molecular weight excluding hydrogens is 148 g/mol. The van der Waals surface area contributed by atoms with Crippen LogP contribution in [0.3, 0.4) is 0 Å². The highest BCUT2D eigenvalue weighted by Crippen LogP contribution is 1.93. The van der Waals surface area contributed by atoms with Crippen molar-refractivity contribution in [2.24, 2.45) is 5.73 Å². The second kappa shape index (κ2) is 7.92. The predicted octanol–water partition coefficient (Wildman–Crippen LogP) is 1.87. The molecule has 0 aliphatic rings. The highest BCUT2D eigenvalue weighted by atomic mass is 15.1. The lowest BCUT2D eigenvalue weighted by Crippen LogP contribution is -2.11. The maximum absolute atomic E-state index is 5.17. The van der Waals surface area contributed by atoms with Crippen LogP contribution in [0, 0.1) is 0 Å². The highest BCUT2D eigenvalue weighted by Gasteiger charge is 1.87. The Labute approximate surface area is 75.1 Å².